The molecule has 0 fully saturated rings. The smallest absolute Gasteiger partial charge is 0.277 e. The molecular weight excluding hydrogens is 509 g/mol. The third-order valence-corrected chi connectivity index (χ3v) is 7.37. The summed E-state index contributed by atoms with van der Waals surface area (Å²) in [6.45, 7) is 9.89. The van der Waals surface area contributed by atoms with Gasteiger partial charge in [0.15, 0.2) is 0 Å². The van der Waals surface area contributed by atoms with Gasteiger partial charge in [0.05, 0.1) is 21.1 Å². The van der Waals surface area contributed by atoms with E-state index in [1.165, 1.54) is 0 Å². The van der Waals surface area contributed by atoms with Gasteiger partial charge in [-0.25, -0.2) is 4.98 Å². The fraction of sp³-hybridized carbons (Fsp3) is 0.393. The van der Waals surface area contributed by atoms with Gasteiger partial charge in [-0.05, 0) is 44.4 Å². The van der Waals surface area contributed by atoms with Crippen molar-refractivity contribution in [1.29, 1.82) is 0 Å². The topological polar surface area (TPSA) is 86.2 Å². The molecule has 0 saturated carbocycles. The third-order valence-electron chi connectivity index (χ3n) is 6.64. The first-order valence-corrected chi connectivity index (χ1v) is 13.4. The Morgan fingerprint density at radius 2 is 1.76 bits per heavy atom. The average molecular weight is 543 g/mol. The molecule has 0 aliphatic carbocycles. The maximum absolute atomic E-state index is 14.0. The summed E-state index contributed by atoms with van der Waals surface area (Å²) in [6, 6.07) is 10.8. The number of carbonyl (C=O) groups is 1. The zero-order valence-corrected chi connectivity index (χ0v) is 23.2. The van der Waals surface area contributed by atoms with Crippen LogP contribution >= 0.6 is 23.2 Å². The van der Waals surface area contributed by atoms with E-state index < -0.39 is 0 Å². The Hall–Kier alpha value is -2.87. The SMILES string of the molecule is CCN(CC)C(=O)Cn1cc(-c2nc3cc(Cl)c(Cl)cc3n(CC(N)CC(C)C)c2=O)c2ccccc21. The molecular formula is C28H33Cl2N5O2. The minimum Gasteiger partial charge on any atom is -0.342 e. The third kappa shape index (κ3) is 5.54. The molecule has 0 aliphatic rings. The summed E-state index contributed by atoms with van der Waals surface area (Å²) in [6.07, 6.45) is 2.61. The molecule has 1 atom stereocenters. The number of benzene rings is 2. The largest absolute Gasteiger partial charge is 0.342 e. The van der Waals surface area contributed by atoms with E-state index in [2.05, 4.69) is 13.8 Å². The molecule has 0 aliphatic heterocycles. The van der Waals surface area contributed by atoms with Gasteiger partial charge in [0.2, 0.25) is 5.91 Å². The lowest BCUT2D eigenvalue weighted by molar-refractivity contribution is -0.131. The van der Waals surface area contributed by atoms with Crippen molar-refractivity contribution in [3.8, 4) is 11.3 Å². The van der Waals surface area contributed by atoms with Crippen LogP contribution in [0.25, 0.3) is 33.2 Å². The van der Waals surface area contributed by atoms with E-state index in [0.717, 1.165) is 17.3 Å². The molecule has 1 amide bonds. The van der Waals surface area contributed by atoms with E-state index in [4.69, 9.17) is 33.9 Å². The van der Waals surface area contributed by atoms with E-state index in [1.54, 1.807) is 21.6 Å². The zero-order chi connectivity index (χ0) is 26.9. The van der Waals surface area contributed by atoms with Crippen molar-refractivity contribution in [3.05, 3.63) is 63.0 Å². The number of rotatable bonds is 9. The Morgan fingerprint density at radius 1 is 1.08 bits per heavy atom. The molecule has 2 aromatic heterocycles. The highest BCUT2D eigenvalue weighted by molar-refractivity contribution is 6.42. The van der Waals surface area contributed by atoms with Crippen LogP contribution in [0.4, 0.5) is 0 Å². The molecule has 7 nitrogen and oxygen atoms in total. The number of para-hydroxylation sites is 1. The van der Waals surface area contributed by atoms with Gasteiger partial charge in [0, 0.05) is 48.3 Å². The van der Waals surface area contributed by atoms with Gasteiger partial charge in [0.25, 0.3) is 5.56 Å². The minimum absolute atomic E-state index is 0.0160. The molecule has 0 spiro atoms. The lowest BCUT2D eigenvalue weighted by Gasteiger charge is -2.19. The zero-order valence-electron chi connectivity index (χ0n) is 21.7. The van der Waals surface area contributed by atoms with E-state index in [9.17, 15) is 9.59 Å². The second-order valence-corrected chi connectivity index (χ2v) is 10.6. The van der Waals surface area contributed by atoms with Crippen LogP contribution in [0.5, 0.6) is 0 Å². The number of halogens is 2. The van der Waals surface area contributed by atoms with Crippen molar-refractivity contribution >= 4 is 51.0 Å². The normalized spacial score (nSPS) is 12.5. The summed E-state index contributed by atoms with van der Waals surface area (Å²) in [7, 11) is 0. The maximum atomic E-state index is 14.0. The van der Waals surface area contributed by atoms with Gasteiger partial charge >= 0.3 is 0 Å². The summed E-state index contributed by atoms with van der Waals surface area (Å²) in [5.74, 6) is 0.403. The van der Waals surface area contributed by atoms with Gasteiger partial charge < -0.3 is 19.8 Å². The predicted molar refractivity (Wildman–Crippen MR) is 152 cm³/mol. The lowest BCUT2D eigenvalue weighted by Crippen LogP contribution is -2.34. The van der Waals surface area contributed by atoms with Crippen molar-refractivity contribution in [3.63, 3.8) is 0 Å². The highest BCUT2D eigenvalue weighted by atomic mass is 35.5. The van der Waals surface area contributed by atoms with E-state index >= 15 is 0 Å². The minimum atomic E-state index is -0.261. The molecule has 4 aromatic rings. The van der Waals surface area contributed by atoms with Gasteiger partial charge in [-0.1, -0.05) is 55.2 Å². The molecule has 0 saturated heterocycles. The van der Waals surface area contributed by atoms with Crippen LogP contribution in [-0.2, 0) is 17.9 Å². The first-order valence-electron chi connectivity index (χ1n) is 12.7. The Kier molecular flexibility index (Phi) is 8.26. The van der Waals surface area contributed by atoms with Crippen LogP contribution in [0.15, 0.2) is 47.4 Å². The second kappa shape index (κ2) is 11.3. The predicted octanol–water partition coefficient (Wildman–Crippen LogP) is 5.57. The lowest BCUT2D eigenvalue weighted by atomic mass is 10.0. The first kappa shape index (κ1) is 27.2. The summed E-state index contributed by atoms with van der Waals surface area (Å²) in [4.78, 5) is 33.4. The van der Waals surface area contributed by atoms with Crippen molar-refractivity contribution in [2.45, 2.75) is 53.2 Å². The molecule has 4 rings (SSSR count). The fourth-order valence-corrected chi connectivity index (χ4v) is 5.21. The number of hydrogen-bond acceptors (Lipinski definition) is 4. The van der Waals surface area contributed by atoms with Gasteiger partial charge in [-0.15, -0.1) is 0 Å². The van der Waals surface area contributed by atoms with Crippen LogP contribution in [-0.4, -0.2) is 44.1 Å². The standard InChI is InChI=1S/C28H33Cl2N5O2/c1-5-33(6-2)26(36)16-34-15-20(19-9-7-8-10-24(19)34)27-28(37)35(14-18(31)11-17(3)4)25-13-22(30)21(29)12-23(25)32-27/h7-10,12-13,15,17-18H,5-6,11,14,16,31H2,1-4H3. The van der Waals surface area contributed by atoms with Crippen LogP contribution in [0, 0.1) is 5.92 Å². The average Bonchev–Trinajstić information content (AvgIpc) is 3.20. The van der Waals surface area contributed by atoms with Crippen LogP contribution < -0.4 is 11.3 Å². The maximum Gasteiger partial charge on any atom is 0.277 e. The number of aromatic nitrogens is 3. The van der Waals surface area contributed by atoms with Crippen molar-refractivity contribution in [2.75, 3.05) is 13.1 Å². The highest BCUT2D eigenvalue weighted by Gasteiger charge is 2.21. The number of hydrogen-bond donors (Lipinski definition) is 1. The molecule has 0 radical (unpaired) electrons. The number of amides is 1. The summed E-state index contributed by atoms with van der Waals surface area (Å²) in [5.41, 5.74) is 9.12. The van der Waals surface area contributed by atoms with Crippen molar-refractivity contribution in [1.82, 2.24) is 19.0 Å². The van der Waals surface area contributed by atoms with Crippen LogP contribution in [0.3, 0.4) is 0 Å². The molecule has 2 heterocycles. The van der Waals surface area contributed by atoms with Crippen LogP contribution in [0.1, 0.15) is 34.1 Å². The van der Waals surface area contributed by atoms with E-state index in [0.29, 0.717) is 52.2 Å². The van der Waals surface area contributed by atoms with E-state index in [1.807, 2.05) is 48.9 Å². The molecule has 196 valence electrons. The Morgan fingerprint density at radius 3 is 2.43 bits per heavy atom. The second-order valence-electron chi connectivity index (χ2n) is 9.77. The molecule has 2 aromatic carbocycles. The molecule has 0 bridgehead atoms. The Balaban J connectivity index is 1.92. The fourth-order valence-electron chi connectivity index (χ4n) is 4.90. The van der Waals surface area contributed by atoms with Gasteiger partial charge in [-0.2, -0.15) is 0 Å². The molecule has 9 heteroatoms. The summed E-state index contributed by atoms with van der Waals surface area (Å²) >= 11 is 12.7. The van der Waals surface area contributed by atoms with Crippen molar-refractivity contribution < 1.29 is 4.79 Å². The monoisotopic (exact) mass is 541 g/mol. The van der Waals surface area contributed by atoms with Crippen LogP contribution in [0.2, 0.25) is 10.0 Å². The summed E-state index contributed by atoms with van der Waals surface area (Å²) < 4.78 is 3.54. The molecule has 37 heavy (non-hydrogen) atoms. The van der Waals surface area contributed by atoms with Crippen molar-refractivity contribution in [2.24, 2.45) is 11.7 Å². The Bertz CT molecular complexity index is 1500. The van der Waals surface area contributed by atoms with Gasteiger partial charge in [-0.3, -0.25) is 9.59 Å². The molecule has 2 N–H and O–H groups in total. The summed E-state index contributed by atoms with van der Waals surface area (Å²) in [5, 5.41) is 1.55. The van der Waals surface area contributed by atoms with Gasteiger partial charge in [0.1, 0.15) is 12.2 Å². The number of fused-ring (bicyclic) bond motifs is 2. The first-order chi connectivity index (χ1) is 17.6. The quantitative estimate of drug-likeness (QED) is 0.300. The molecule has 1 unspecified atom stereocenters. The van der Waals surface area contributed by atoms with E-state index in [-0.39, 0.29) is 29.7 Å². The number of carbonyl (C=O) groups excluding carboxylic acids is 1. The number of nitrogens with zero attached hydrogens (tertiary/aromatic N) is 4. The highest BCUT2D eigenvalue weighted by Crippen LogP contribution is 2.31. The number of likely N-dealkylation sites (N-methyl/N-ethyl adjacent to an activating group) is 1. The number of nitrogens with two attached hydrogens (primary N) is 1. The Labute approximate surface area is 226 Å².